The normalized spacial score (nSPS) is 12.4. The van der Waals surface area contributed by atoms with Crippen molar-refractivity contribution in [3.63, 3.8) is 0 Å². The minimum atomic E-state index is -0.123. The van der Waals surface area contributed by atoms with E-state index >= 15 is 0 Å². The van der Waals surface area contributed by atoms with Gasteiger partial charge in [-0.1, -0.05) is 62.7 Å². The number of hydrogen-bond acceptors (Lipinski definition) is 0. The van der Waals surface area contributed by atoms with Crippen LogP contribution >= 0.6 is 0 Å². The number of benzene rings is 2. The van der Waals surface area contributed by atoms with Crippen LogP contribution in [0, 0.1) is 11.7 Å². The van der Waals surface area contributed by atoms with Gasteiger partial charge in [0.2, 0.25) is 0 Å². The van der Waals surface area contributed by atoms with Gasteiger partial charge in [-0.3, -0.25) is 0 Å². The molecule has 0 aliphatic rings. The Morgan fingerprint density at radius 1 is 1.06 bits per heavy atom. The summed E-state index contributed by atoms with van der Waals surface area (Å²) in [4.78, 5) is 0. The van der Waals surface area contributed by atoms with Crippen molar-refractivity contribution < 1.29 is 4.39 Å². The molecule has 0 saturated heterocycles. The molecule has 1 atom stereocenters. The van der Waals surface area contributed by atoms with Gasteiger partial charge in [0.25, 0.3) is 0 Å². The van der Waals surface area contributed by atoms with Crippen LogP contribution in [0.2, 0.25) is 0 Å². The van der Waals surface area contributed by atoms with Crippen molar-refractivity contribution in [1.82, 2.24) is 0 Å². The van der Waals surface area contributed by atoms with Gasteiger partial charge in [-0.25, -0.2) is 4.39 Å². The van der Waals surface area contributed by atoms with E-state index in [4.69, 9.17) is 0 Å². The molecule has 0 bridgehead atoms. The molecule has 0 nitrogen and oxygen atoms in total. The smallest absolute Gasteiger partial charge is 0.131 e. The minimum Gasteiger partial charge on any atom is -0.206 e. The molecule has 0 amide bonds. The first kappa shape index (κ1) is 12.8. The maximum atomic E-state index is 14.1. The molecule has 0 aliphatic carbocycles. The fourth-order valence-electron chi connectivity index (χ4n) is 2.08. The molecule has 1 heteroatoms. The zero-order chi connectivity index (χ0) is 13.0. The van der Waals surface area contributed by atoms with Crippen LogP contribution in [-0.4, -0.2) is 0 Å². The van der Waals surface area contributed by atoms with E-state index in [0.29, 0.717) is 11.5 Å². The molecule has 2 aromatic carbocycles. The van der Waals surface area contributed by atoms with Gasteiger partial charge in [0.15, 0.2) is 0 Å². The Hall–Kier alpha value is -1.63. The lowest BCUT2D eigenvalue weighted by molar-refractivity contribution is 0.556. The first-order valence-corrected chi connectivity index (χ1v) is 6.54. The van der Waals surface area contributed by atoms with Gasteiger partial charge >= 0.3 is 0 Å². The highest BCUT2D eigenvalue weighted by Crippen LogP contribution is 2.24. The summed E-state index contributed by atoms with van der Waals surface area (Å²) in [7, 11) is 0. The van der Waals surface area contributed by atoms with Crippen LogP contribution in [0.4, 0.5) is 4.39 Å². The topological polar surface area (TPSA) is 0 Å². The summed E-state index contributed by atoms with van der Waals surface area (Å²) in [5.41, 5.74) is 2.70. The van der Waals surface area contributed by atoms with E-state index in [-0.39, 0.29) is 5.82 Å². The standard InChI is InChI=1S/C17H19F/c1-3-13(2)11-14-9-10-16(17(18)12-14)15-7-5-4-6-8-15/h4-10,12-13H,3,11H2,1-2H3. The van der Waals surface area contributed by atoms with E-state index < -0.39 is 0 Å². The summed E-state index contributed by atoms with van der Waals surface area (Å²) in [6.07, 6.45) is 2.07. The molecule has 0 heterocycles. The highest BCUT2D eigenvalue weighted by Gasteiger charge is 2.07. The van der Waals surface area contributed by atoms with Crippen LogP contribution in [-0.2, 0) is 6.42 Å². The van der Waals surface area contributed by atoms with Crippen LogP contribution in [0.3, 0.4) is 0 Å². The maximum Gasteiger partial charge on any atom is 0.131 e. The average Bonchev–Trinajstić information content (AvgIpc) is 2.40. The second-order valence-corrected chi connectivity index (χ2v) is 4.90. The lowest BCUT2D eigenvalue weighted by Crippen LogP contribution is -1.98. The van der Waals surface area contributed by atoms with Crippen molar-refractivity contribution in [1.29, 1.82) is 0 Å². The highest BCUT2D eigenvalue weighted by atomic mass is 19.1. The van der Waals surface area contributed by atoms with Gasteiger partial charge in [-0.15, -0.1) is 0 Å². The van der Waals surface area contributed by atoms with Gasteiger partial charge in [-0.2, -0.15) is 0 Å². The molecule has 0 spiro atoms. The second kappa shape index (κ2) is 5.81. The summed E-state index contributed by atoms with van der Waals surface area (Å²) in [6.45, 7) is 4.36. The molecule has 18 heavy (non-hydrogen) atoms. The van der Waals surface area contributed by atoms with Crippen LogP contribution in [0.5, 0.6) is 0 Å². The number of rotatable bonds is 4. The quantitative estimate of drug-likeness (QED) is 0.701. The Bertz CT molecular complexity index is 502. The van der Waals surface area contributed by atoms with Gasteiger partial charge < -0.3 is 0 Å². The van der Waals surface area contributed by atoms with E-state index in [1.165, 1.54) is 0 Å². The lowest BCUT2D eigenvalue weighted by Gasteiger charge is -2.10. The van der Waals surface area contributed by atoms with Crippen molar-refractivity contribution in [2.75, 3.05) is 0 Å². The van der Waals surface area contributed by atoms with E-state index in [2.05, 4.69) is 13.8 Å². The second-order valence-electron chi connectivity index (χ2n) is 4.90. The molecule has 0 fully saturated rings. The fraction of sp³-hybridized carbons (Fsp3) is 0.294. The van der Waals surface area contributed by atoms with Gasteiger partial charge in [0.1, 0.15) is 5.82 Å². The van der Waals surface area contributed by atoms with Gasteiger partial charge in [-0.05, 0) is 29.5 Å². The molecule has 0 aromatic heterocycles. The SMILES string of the molecule is CCC(C)Cc1ccc(-c2ccccc2)c(F)c1. The zero-order valence-electron chi connectivity index (χ0n) is 11.0. The average molecular weight is 242 g/mol. The number of hydrogen-bond donors (Lipinski definition) is 0. The zero-order valence-corrected chi connectivity index (χ0v) is 11.0. The van der Waals surface area contributed by atoms with Crippen LogP contribution < -0.4 is 0 Å². The highest BCUT2D eigenvalue weighted by molar-refractivity contribution is 5.64. The van der Waals surface area contributed by atoms with Crippen LogP contribution in [0.1, 0.15) is 25.8 Å². The van der Waals surface area contributed by atoms with E-state index in [1.54, 1.807) is 6.07 Å². The predicted octanol–water partition coefficient (Wildman–Crippen LogP) is 5.08. The third-order valence-electron chi connectivity index (χ3n) is 3.40. The molecule has 2 rings (SSSR count). The largest absolute Gasteiger partial charge is 0.206 e. The Kier molecular flexibility index (Phi) is 4.14. The van der Waals surface area contributed by atoms with Crippen molar-refractivity contribution in [2.24, 2.45) is 5.92 Å². The Morgan fingerprint density at radius 3 is 2.39 bits per heavy atom. The molecule has 1 unspecified atom stereocenters. The summed E-state index contributed by atoms with van der Waals surface area (Å²) in [6, 6.07) is 15.3. The van der Waals surface area contributed by atoms with Crippen molar-refractivity contribution >= 4 is 0 Å². The third-order valence-corrected chi connectivity index (χ3v) is 3.40. The third kappa shape index (κ3) is 2.98. The van der Waals surface area contributed by atoms with Crippen molar-refractivity contribution in [2.45, 2.75) is 26.7 Å². The molecular weight excluding hydrogens is 223 g/mol. The summed E-state index contributed by atoms with van der Waals surface area (Å²) in [5, 5.41) is 0. The Morgan fingerprint density at radius 2 is 1.78 bits per heavy atom. The Balaban J connectivity index is 2.26. The molecule has 0 N–H and O–H groups in total. The monoisotopic (exact) mass is 242 g/mol. The molecule has 0 radical (unpaired) electrons. The summed E-state index contributed by atoms with van der Waals surface area (Å²) >= 11 is 0. The minimum absolute atomic E-state index is 0.123. The van der Waals surface area contributed by atoms with E-state index in [0.717, 1.165) is 24.0 Å². The summed E-state index contributed by atoms with van der Waals surface area (Å²) < 4.78 is 14.1. The van der Waals surface area contributed by atoms with Gasteiger partial charge in [0, 0.05) is 5.56 Å². The van der Waals surface area contributed by atoms with Crippen LogP contribution in [0.15, 0.2) is 48.5 Å². The predicted molar refractivity (Wildman–Crippen MR) is 75.0 cm³/mol. The fourth-order valence-corrected chi connectivity index (χ4v) is 2.08. The lowest BCUT2D eigenvalue weighted by atomic mass is 9.96. The molecule has 94 valence electrons. The molecule has 0 aliphatic heterocycles. The molecule has 2 aromatic rings. The number of halogens is 1. The Labute approximate surface area is 108 Å². The van der Waals surface area contributed by atoms with Gasteiger partial charge in [0.05, 0.1) is 0 Å². The first-order valence-electron chi connectivity index (χ1n) is 6.54. The van der Waals surface area contributed by atoms with E-state index in [1.807, 2.05) is 42.5 Å². The maximum absolute atomic E-state index is 14.1. The first-order chi connectivity index (χ1) is 8.70. The van der Waals surface area contributed by atoms with Crippen molar-refractivity contribution in [3.8, 4) is 11.1 Å². The molecular formula is C17H19F. The van der Waals surface area contributed by atoms with E-state index in [9.17, 15) is 4.39 Å². The van der Waals surface area contributed by atoms with Crippen molar-refractivity contribution in [3.05, 3.63) is 59.9 Å². The van der Waals surface area contributed by atoms with Crippen LogP contribution in [0.25, 0.3) is 11.1 Å². The molecule has 0 saturated carbocycles. The summed E-state index contributed by atoms with van der Waals surface area (Å²) in [5.74, 6) is 0.481.